The smallest absolute Gasteiger partial charge is 0.160 e. The molecule has 2 aromatic carbocycles. The summed E-state index contributed by atoms with van der Waals surface area (Å²) in [5.74, 6) is 0.175. The molecule has 0 radical (unpaired) electrons. The molecule has 5 heteroatoms. The van der Waals surface area contributed by atoms with E-state index in [9.17, 15) is 20.4 Å². The number of hydrogen-bond acceptors (Lipinski definition) is 5. The molecule has 0 bridgehead atoms. The number of hydrogen-bond donors (Lipinski definition) is 4. The summed E-state index contributed by atoms with van der Waals surface area (Å²) in [7, 11) is 0. The molecule has 110 valence electrons. The fourth-order valence-electron chi connectivity index (χ4n) is 2.61. The lowest BCUT2D eigenvalue weighted by Gasteiger charge is -2.31. The predicted molar refractivity (Wildman–Crippen MR) is 75.7 cm³/mol. The SMILES string of the molecule is Cc1cc(C2Oc3cc(O)ccc3CC2O)cc(O)c1O. The van der Waals surface area contributed by atoms with Gasteiger partial charge in [0.1, 0.15) is 17.6 Å². The molecule has 4 N–H and O–H groups in total. The van der Waals surface area contributed by atoms with Crippen LogP contribution in [0.15, 0.2) is 30.3 Å². The zero-order valence-electron chi connectivity index (χ0n) is 11.4. The van der Waals surface area contributed by atoms with Crippen molar-refractivity contribution in [1.29, 1.82) is 0 Å². The van der Waals surface area contributed by atoms with Gasteiger partial charge in [-0.2, -0.15) is 0 Å². The zero-order chi connectivity index (χ0) is 15.1. The fourth-order valence-corrected chi connectivity index (χ4v) is 2.61. The molecule has 1 heterocycles. The van der Waals surface area contributed by atoms with Gasteiger partial charge in [-0.05, 0) is 41.8 Å². The minimum absolute atomic E-state index is 0.0913. The molecule has 0 aliphatic carbocycles. The maximum atomic E-state index is 10.3. The minimum Gasteiger partial charge on any atom is -0.508 e. The van der Waals surface area contributed by atoms with Gasteiger partial charge >= 0.3 is 0 Å². The Morgan fingerprint density at radius 2 is 1.86 bits per heavy atom. The van der Waals surface area contributed by atoms with Crippen LogP contribution in [0.4, 0.5) is 0 Å². The van der Waals surface area contributed by atoms with Crippen LogP contribution in [0.2, 0.25) is 0 Å². The Kier molecular flexibility index (Phi) is 3.14. The standard InChI is InChI=1S/C16H16O5/c1-8-4-10(6-12(18)15(8)20)16-13(19)5-9-2-3-11(17)7-14(9)21-16/h2-4,6-7,13,16-20H,5H2,1H3. The molecule has 1 aliphatic rings. The fraction of sp³-hybridized carbons (Fsp3) is 0.250. The maximum absolute atomic E-state index is 10.3. The van der Waals surface area contributed by atoms with Gasteiger partial charge in [-0.3, -0.25) is 0 Å². The van der Waals surface area contributed by atoms with E-state index in [1.807, 2.05) is 0 Å². The van der Waals surface area contributed by atoms with E-state index in [1.165, 1.54) is 12.1 Å². The Labute approximate surface area is 121 Å². The Balaban J connectivity index is 2.00. The average molecular weight is 288 g/mol. The van der Waals surface area contributed by atoms with Crippen LogP contribution in [0.25, 0.3) is 0 Å². The van der Waals surface area contributed by atoms with Gasteiger partial charge in [0.05, 0.1) is 6.10 Å². The van der Waals surface area contributed by atoms with Gasteiger partial charge < -0.3 is 25.2 Å². The molecule has 0 spiro atoms. The van der Waals surface area contributed by atoms with Gasteiger partial charge in [-0.15, -0.1) is 0 Å². The van der Waals surface area contributed by atoms with E-state index in [4.69, 9.17) is 4.74 Å². The molecule has 21 heavy (non-hydrogen) atoms. The molecular formula is C16H16O5. The van der Waals surface area contributed by atoms with E-state index >= 15 is 0 Å². The van der Waals surface area contributed by atoms with Crippen LogP contribution in [0.1, 0.15) is 22.8 Å². The first-order valence-electron chi connectivity index (χ1n) is 6.65. The molecule has 0 amide bonds. The van der Waals surface area contributed by atoms with E-state index in [0.717, 1.165) is 5.56 Å². The molecule has 3 rings (SSSR count). The Morgan fingerprint density at radius 3 is 2.57 bits per heavy atom. The first-order chi connectivity index (χ1) is 9.95. The topological polar surface area (TPSA) is 90.2 Å². The van der Waals surface area contributed by atoms with E-state index in [-0.39, 0.29) is 17.2 Å². The first kappa shape index (κ1) is 13.6. The van der Waals surface area contributed by atoms with Crippen molar-refractivity contribution in [2.45, 2.75) is 25.6 Å². The van der Waals surface area contributed by atoms with Crippen molar-refractivity contribution in [1.82, 2.24) is 0 Å². The minimum atomic E-state index is -0.773. The second kappa shape index (κ2) is 4.86. The van der Waals surface area contributed by atoms with Gasteiger partial charge in [0.15, 0.2) is 11.5 Å². The predicted octanol–water partition coefficient (Wildman–Crippen LogP) is 2.15. The van der Waals surface area contributed by atoms with E-state index < -0.39 is 12.2 Å². The van der Waals surface area contributed by atoms with Crippen molar-refractivity contribution in [2.24, 2.45) is 0 Å². The summed E-state index contributed by atoms with van der Waals surface area (Å²) in [6.45, 7) is 1.66. The highest BCUT2D eigenvalue weighted by Gasteiger charge is 2.31. The summed E-state index contributed by atoms with van der Waals surface area (Å²) < 4.78 is 5.76. The van der Waals surface area contributed by atoms with Crippen molar-refractivity contribution >= 4 is 0 Å². The molecule has 5 nitrogen and oxygen atoms in total. The third-order valence-electron chi connectivity index (χ3n) is 3.71. The number of aliphatic hydroxyl groups is 1. The molecule has 2 atom stereocenters. The van der Waals surface area contributed by atoms with Crippen LogP contribution in [-0.4, -0.2) is 26.5 Å². The number of aryl methyl sites for hydroxylation is 1. The number of aliphatic hydroxyl groups excluding tert-OH is 1. The van der Waals surface area contributed by atoms with Gasteiger partial charge in [-0.1, -0.05) is 6.07 Å². The molecule has 0 saturated heterocycles. The number of phenols is 3. The number of aromatic hydroxyl groups is 3. The highest BCUT2D eigenvalue weighted by Crippen LogP contribution is 2.40. The summed E-state index contributed by atoms with van der Waals surface area (Å²) in [6, 6.07) is 7.80. The normalized spacial score (nSPS) is 20.7. The first-order valence-corrected chi connectivity index (χ1v) is 6.65. The van der Waals surface area contributed by atoms with Crippen LogP contribution in [0.5, 0.6) is 23.0 Å². The van der Waals surface area contributed by atoms with Crippen molar-refractivity contribution < 1.29 is 25.2 Å². The van der Waals surface area contributed by atoms with E-state index in [0.29, 0.717) is 23.3 Å². The van der Waals surface area contributed by atoms with Crippen LogP contribution < -0.4 is 4.74 Å². The number of ether oxygens (including phenoxy) is 1. The summed E-state index contributed by atoms with van der Waals surface area (Å²) in [5.41, 5.74) is 1.89. The molecule has 1 aliphatic heterocycles. The van der Waals surface area contributed by atoms with E-state index in [1.54, 1.807) is 25.1 Å². The van der Waals surface area contributed by atoms with Crippen LogP contribution in [-0.2, 0) is 6.42 Å². The monoisotopic (exact) mass is 288 g/mol. The van der Waals surface area contributed by atoms with Gasteiger partial charge in [0, 0.05) is 12.5 Å². The molecule has 0 saturated carbocycles. The second-order valence-electron chi connectivity index (χ2n) is 5.31. The van der Waals surface area contributed by atoms with E-state index in [2.05, 4.69) is 0 Å². The number of fused-ring (bicyclic) bond motifs is 1. The molecule has 2 unspecified atom stereocenters. The lowest BCUT2D eigenvalue weighted by molar-refractivity contribution is 0.0205. The molecule has 0 aromatic heterocycles. The maximum Gasteiger partial charge on any atom is 0.160 e. The third kappa shape index (κ3) is 2.36. The molecule has 0 fully saturated rings. The van der Waals surface area contributed by atoms with Gasteiger partial charge in [0.25, 0.3) is 0 Å². The summed E-state index contributed by atoms with van der Waals surface area (Å²) in [6.07, 6.45) is -1.05. The number of phenolic OH excluding ortho intramolecular Hbond substituents is 3. The Hall–Kier alpha value is -2.40. The van der Waals surface area contributed by atoms with Crippen LogP contribution >= 0.6 is 0 Å². The summed E-state index contributed by atoms with van der Waals surface area (Å²) >= 11 is 0. The summed E-state index contributed by atoms with van der Waals surface area (Å²) in [4.78, 5) is 0. The molecule has 2 aromatic rings. The van der Waals surface area contributed by atoms with Gasteiger partial charge in [-0.25, -0.2) is 0 Å². The molecular weight excluding hydrogens is 272 g/mol. The Bertz CT molecular complexity index is 672. The lowest BCUT2D eigenvalue weighted by atomic mass is 9.93. The largest absolute Gasteiger partial charge is 0.508 e. The Morgan fingerprint density at radius 1 is 1.10 bits per heavy atom. The summed E-state index contributed by atoms with van der Waals surface area (Å²) in [5, 5.41) is 39.1. The van der Waals surface area contributed by atoms with Crippen LogP contribution in [0.3, 0.4) is 0 Å². The van der Waals surface area contributed by atoms with Crippen LogP contribution in [0, 0.1) is 6.92 Å². The van der Waals surface area contributed by atoms with Gasteiger partial charge in [0.2, 0.25) is 0 Å². The van der Waals surface area contributed by atoms with Crippen molar-refractivity contribution in [2.75, 3.05) is 0 Å². The highest BCUT2D eigenvalue weighted by molar-refractivity contribution is 5.49. The van der Waals surface area contributed by atoms with Crippen molar-refractivity contribution in [3.05, 3.63) is 47.0 Å². The zero-order valence-corrected chi connectivity index (χ0v) is 11.4. The third-order valence-corrected chi connectivity index (χ3v) is 3.71. The van der Waals surface area contributed by atoms with Crippen molar-refractivity contribution in [3.63, 3.8) is 0 Å². The number of benzene rings is 2. The highest BCUT2D eigenvalue weighted by atomic mass is 16.5. The van der Waals surface area contributed by atoms with Crippen molar-refractivity contribution in [3.8, 4) is 23.0 Å². The number of rotatable bonds is 1. The quantitative estimate of drug-likeness (QED) is 0.604. The average Bonchev–Trinajstić information content (AvgIpc) is 2.44. The lowest BCUT2D eigenvalue weighted by Crippen LogP contribution is -2.30. The second-order valence-corrected chi connectivity index (χ2v) is 5.31.